The van der Waals surface area contributed by atoms with E-state index in [0.29, 0.717) is 46.2 Å². The van der Waals surface area contributed by atoms with E-state index in [0.717, 1.165) is 29.5 Å². The van der Waals surface area contributed by atoms with E-state index in [1.165, 1.54) is 0 Å². The molecule has 2 aliphatic rings. The molecule has 1 aromatic carbocycles. The molecule has 3 aromatic rings. The third-order valence-corrected chi connectivity index (χ3v) is 7.82. The van der Waals surface area contributed by atoms with Crippen molar-refractivity contribution < 1.29 is 4.39 Å². The molecular formula is C27H23ClFN5. The molecule has 1 N–H and O–H groups in total. The molecule has 0 amide bonds. The van der Waals surface area contributed by atoms with Crippen LogP contribution in [0.5, 0.6) is 0 Å². The summed E-state index contributed by atoms with van der Waals surface area (Å²) in [6.45, 7) is 4.52. The molecule has 1 spiro atoms. The first-order chi connectivity index (χ1) is 16.3. The third-order valence-electron chi connectivity index (χ3n) is 7.42. The standard InChI is InChI=1S/C27H23ClFN5/c1-16-17(6-10-30)7-11-32-24(16)19-5-3-4-18(23(19)29)20-12-33-25-21(22(20)28)27(15-34-25)9-8-26(2,13-27)14-31/h3-5,7,11-12H,6,8-9,13,15H2,1-2H3,(H,33,34). The number of nitriles is 2. The Labute approximate surface area is 203 Å². The van der Waals surface area contributed by atoms with Gasteiger partial charge in [-0.1, -0.05) is 23.7 Å². The Hall–Kier alpha value is -3.48. The third kappa shape index (κ3) is 3.33. The largest absolute Gasteiger partial charge is 0.369 e. The summed E-state index contributed by atoms with van der Waals surface area (Å²) in [4.78, 5) is 9.00. The molecule has 0 saturated heterocycles. The van der Waals surface area contributed by atoms with Gasteiger partial charge in [-0.25, -0.2) is 9.37 Å². The molecule has 2 unspecified atom stereocenters. The number of rotatable bonds is 3. The van der Waals surface area contributed by atoms with E-state index >= 15 is 4.39 Å². The zero-order valence-corrected chi connectivity index (χ0v) is 19.8. The molecule has 5 nitrogen and oxygen atoms in total. The van der Waals surface area contributed by atoms with Crippen molar-refractivity contribution in [1.82, 2.24) is 9.97 Å². The van der Waals surface area contributed by atoms with Crippen molar-refractivity contribution in [3.8, 4) is 34.5 Å². The summed E-state index contributed by atoms with van der Waals surface area (Å²) in [6.07, 6.45) is 5.77. The molecule has 1 saturated carbocycles. The normalized spacial score (nSPS) is 22.8. The van der Waals surface area contributed by atoms with Gasteiger partial charge in [0.25, 0.3) is 0 Å². The van der Waals surface area contributed by atoms with Gasteiger partial charge in [0.05, 0.1) is 34.7 Å². The first kappa shape index (κ1) is 22.3. The second-order valence-electron chi connectivity index (χ2n) is 9.64. The summed E-state index contributed by atoms with van der Waals surface area (Å²) in [5.74, 6) is 0.290. The van der Waals surface area contributed by atoms with Crippen LogP contribution in [0.25, 0.3) is 22.4 Å². The highest BCUT2D eigenvalue weighted by Gasteiger charge is 2.52. The van der Waals surface area contributed by atoms with E-state index in [2.05, 4.69) is 27.4 Å². The highest BCUT2D eigenvalue weighted by atomic mass is 35.5. The van der Waals surface area contributed by atoms with E-state index in [4.69, 9.17) is 16.9 Å². The van der Waals surface area contributed by atoms with Crippen molar-refractivity contribution in [2.75, 3.05) is 11.9 Å². The first-order valence-corrected chi connectivity index (χ1v) is 11.6. The number of pyridine rings is 2. The van der Waals surface area contributed by atoms with Gasteiger partial charge in [0.1, 0.15) is 11.6 Å². The van der Waals surface area contributed by atoms with E-state index in [1.807, 2.05) is 13.8 Å². The van der Waals surface area contributed by atoms with Crippen molar-refractivity contribution in [2.24, 2.45) is 5.41 Å². The van der Waals surface area contributed by atoms with E-state index in [-0.39, 0.29) is 11.8 Å². The van der Waals surface area contributed by atoms with Crippen LogP contribution in [0.15, 0.2) is 36.7 Å². The van der Waals surface area contributed by atoms with Gasteiger partial charge < -0.3 is 5.32 Å². The number of aromatic nitrogens is 2. The van der Waals surface area contributed by atoms with Crippen molar-refractivity contribution in [1.29, 1.82) is 10.5 Å². The molecule has 0 bridgehead atoms. The molecule has 5 rings (SSSR count). The van der Waals surface area contributed by atoms with E-state index < -0.39 is 11.2 Å². The Bertz CT molecular complexity index is 1410. The molecule has 170 valence electrons. The Kier molecular flexibility index (Phi) is 5.30. The van der Waals surface area contributed by atoms with Crippen molar-refractivity contribution >= 4 is 17.4 Å². The molecule has 3 heterocycles. The van der Waals surface area contributed by atoms with Gasteiger partial charge >= 0.3 is 0 Å². The maximum absolute atomic E-state index is 16.0. The summed E-state index contributed by atoms with van der Waals surface area (Å²) >= 11 is 6.98. The molecule has 2 atom stereocenters. The number of hydrogen-bond acceptors (Lipinski definition) is 5. The number of fused-ring (bicyclic) bond motifs is 2. The average Bonchev–Trinajstić information content (AvgIpc) is 3.37. The highest BCUT2D eigenvalue weighted by Crippen LogP contribution is 2.57. The van der Waals surface area contributed by atoms with Crippen LogP contribution in [0, 0.1) is 40.8 Å². The number of halogens is 2. The van der Waals surface area contributed by atoms with Crippen LogP contribution in [-0.4, -0.2) is 16.5 Å². The summed E-state index contributed by atoms with van der Waals surface area (Å²) in [5, 5.41) is 22.6. The van der Waals surface area contributed by atoms with Gasteiger partial charge in [-0.3, -0.25) is 4.98 Å². The van der Waals surface area contributed by atoms with Crippen LogP contribution >= 0.6 is 11.6 Å². The maximum Gasteiger partial charge on any atom is 0.140 e. The van der Waals surface area contributed by atoms with Gasteiger partial charge in [0.15, 0.2) is 0 Å². The monoisotopic (exact) mass is 471 g/mol. The van der Waals surface area contributed by atoms with Gasteiger partial charge in [0, 0.05) is 46.6 Å². The molecule has 1 aliphatic heterocycles. The second kappa shape index (κ2) is 8.08. The maximum atomic E-state index is 16.0. The molecule has 0 radical (unpaired) electrons. The summed E-state index contributed by atoms with van der Waals surface area (Å²) in [7, 11) is 0. The highest BCUT2D eigenvalue weighted by molar-refractivity contribution is 6.34. The second-order valence-corrected chi connectivity index (χ2v) is 10.0. The Balaban J connectivity index is 1.63. The van der Waals surface area contributed by atoms with Gasteiger partial charge in [-0.05, 0) is 56.4 Å². The van der Waals surface area contributed by atoms with Crippen molar-refractivity contribution in [3.05, 3.63) is 64.2 Å². The SMILES string of the molecule is Cc1c(CC#N)ccnc1-c1cccc(-c2cnc3c(c2Cl)C2(CCC(C)(C#N)C2)CN3)c1F. The zero-order valence-electron chi connectivity index (χ0n) is 19.0. The fourth-order valence-electron chi connectivity index (χ4n) is 5.58. The van der Waals surface area contributed by atoms with Crippen LogP contribution in [0.1, 0.15) is 42.9 Å². The average molecular weight is 472 g/mol. The fourth-order valence-corrected chi connectivity index (χ4v) is 6.02. The quantitative estimate of drug-likeness (QED) is 0.480. The number of anilines is 1. The smallest absolute Gasteiger partial charge is 0.140 e. The molecule has 1 aliphatic carbocycles. The number of benzene rings is 1. The number of nitrogens with one attached hydrogen (secondary N) is 1. The van der Waals surface area contributed by atoms with Crippen LogP contribution in [0.2, 0.25) is 5.02 Å². The lowest BCUT2D eigenvalue weighted by Crippen LogP contribution is -2.27. The molecule has 34 heavy (non-hydrogen) atoms. The predicted molar refractivity (Wildman–Crippen MR) is 130 cm³/mol. The van der Waals surface area contributed by atoms with Crippen LogP contribution in [0.3, 0.4) is 0 Å². The lowest BCUT2D eigenvalue weighted by atomic mass is 9.77. The van der Waals surface area contributed by atoms with Crippen LogP contribution < -0.4 is 5.32 Å². The molecule has 2 aromatic heterocycles. The lowest BCUT2D eigenvalue weighted by molar-refractivity contribution is 0.404. The summed E-state index contributed by atoms with van der Waals surface area (Å²) in [6, 6.07) is 11.6. The van der Waals surface area contributed by atoms with Crippen LogP contribution in [-0.2, 0) is 11.8 Å². The minimum atomic E-state index is -0.427. The van der Waals surface area contributed by atoms with Gasteiger partial charge in [-0.15, -0.1) is 0 Å². The Morgan fingerprint density at radius 3 is 2.68 bits per heavy atom. The minimum absolute atomic E-state index is 0.236. The Morgan fingerprint density at radius 2 is 1.94 bits per heavy atom. The van der Waals surface area contributed by atoms with E-state index in [9.17, 15) is 5.26 Å². The summed E-state index contributed by atoms with van der Waals surface area (Å²) in [5.41, 5.74) is 3.55. The zero-order chi connectivity index (χ0) is 24.1. The predicted octanol–water partition coefficient (Wildman–Crippen LogP) is 6.35. The summed E-state index contributed by atoms with van der Waals surface area (Å²) < 4.78 is 16.0. The van der Waals surface area contributed by atoms with Gasteiger partial charge in [-0.2, -0.15) is 10.5 Å². The Morgan fingerprint density at radius 1 is 1.15 bits per heavy atom. The number of nitrogens with zero attached hydrogens (tertiary/aromatic N) is 4. The van der Waals surface area contributed by atoms with Crippen molar-refractivity contribution in [3.63, 3.8) is 0 Å². The molecule has 7 heteroatoms. The van der Waals surface area contributed by atoms with Gasteiger partial charge in [0.2, 0.25) is 0 Å². The fraction of sp³-hybridized carbons (Fsp3) is 0.333. The van der Waals surface area contributed by atoms with E-state index in [1.54, 1.807) is 36.7 Å². The molecular weight excluding hydrogens is 449 g/mol. The lowest BCUT2D eigenvalue weighted by Gasteiger charge is -2.26. The molecule has 1 fully saturated rings. The minimum Gasteiger partial charge on any atom is -0.369 e. The van der Waals surface area contributed by atoms with Crippen LogP contribution in [0.4, 0.5) is 10.2 Å². The first-order valence-electron chi connectivity index (χ1n) is 11.3. The van der Waals surface area contributed by atoms with Crippen molar-refractivity contribution in [2.45, 2.75) is 44.9 Å². The number of hydrogen-bond donors (Lipinski definition) is 1. The topological polar surface area (TPSA) is 85.4 Å².